The highest BCUT2D eigenvalue weighted by molar-refractivity contribution is 6.39. The summed E-state index contributed by atoms with van der Waals surface area (Å²) in [6.45, 7) is 2.87. The molecule has 0 aliphatic carbocycles. The quantitative estimate of drug-likeness (QED) is 0.282. The summed E-state index contributed by atoms with van der Waals surface area (Å²) in [7, 11) is 0. The van der Waals surface area contributed by atoms with Gasteiger partial charge in [0.1, 0.15) is 12.6 Å². The molecule has 2 amide bonds. The molecule has 3 atom stereocenters. The number of ketones is 1. The van der Waals surface area contributed by atoms with Gasteiger partial charge < -0.3 is 30.1 Å². The minimum Gasteiger partial charge on any atom is -0.481 e. The van der Waals surface area contributed by atoms with Gasteiger partial charge in [0.25, 0.3) is 5.91 Å². The second-order valence-electron chi connectivity index (χ2n) is 9.61. The molecule has 0 aromatic heterocycles. The van der Waals surface area contributed by atoms with E-state index in [2.05, 4.69) is 15.8 Å². The number of carboxylic acids is 1. The summed E-state index contributed by atoms with van der Waals surface area (Å²) in [6, 6.07) is 11.3. The Labute approximate surface area is 251 Å². The van der Waals surface area contributed by atoms with Crippen molar-refractivity contribution in [3.8, 4) is 0 Å². The van der Waals surface area contributed by atoms with Gasteiger partial charge in [-0.25, -0.2) is 9.59 Å². The molecule has 12 nitrogen and oxygen atoms in total. The minimum absolute atomic E-state index is 0.00294. The molecule has 3 rings (SSSR count). The van der Waals surface area contributed by atoms with Gasteiger partial charge in [0, 0.05) is 6.42 Å². The number of esters is 1. The maximum absolute atomic E-state index is 12.9. The summed E-state index contributed by atoms with van der Waals surface area (Å²) in [5.41, 5.74) is 1.00. The molecule has 14 heteroatoms. The molecule has 1 heterocycles. The molecule has 0 bridgehead atoms. The number of rotatable bonds is 13. The Morgan fingerprint density at radius 2 is 1.67 bits per heavy atom. The van der Waals surface area contributed by atoms with E-state index in [4.69, 9.17) is 37.5 Å². The average Bonchev–Trinajstić information content (AvgIpc) is 3.43. The van der Waals surface area contributed by atoms with E-state index in [0.717, 1.165) is 5.56 Å². The van der Waals surface area contributed by atoms with Crippen molar-refractivity contribution < 1.29 is 43.4 Å². The fourth-order valence-corrected chi connectivity index (χ4v) is 4.49. The van der Waals surface area contributed by atoms with Crippen LogP contribution in [0.3, 0.4) is 0 Å². The summed E-state index contributed by atoms with van der Waals surface area (Å²) in [5.74, 6) is -4.23. The van der Waals surface area contributed by atoms with Crippen LogP contribution in [0.5, 0.6) is 0 Å². The number of carboxylic acid groups (broad SMARTS) is 1. The number of nitrogens with one attached hydrogen (secondary N) is 2. The molecule has 0 radical (unpaired) electrons. The van der Waals surface area contributed by atoms with Crippen molar-refractivity contribution in [1.82, 2.24) is 10.6 Å². The number of amides is 2. The van der Waals surface area contributed by atoms with Crippen LogP contribution in [0.4, 0.5) is 4.79 Å². The lowest BCUT2D eigenvalue weighted by molar-refractivity contribution is -0.142. The minimum atomic E-state index is -1.54. The molecule has 224 valence electrons. The zero-order valence-electron chi connectivity index (χ0n) is 22.7. The van der Waals surface area contributed by atoms with Gasteiger partial charge in [-0.2, -0.15) is 0 Å². The number of aliphatic carboxylic acids is 1. The highest BCUT2D eigenvalue weighted by atomic mass is 35.5. The van der Waals surface area contributed by atoms with Gasteiger partial charge in [0.15, 0.2) is 12.4 Å². The number of alkyl carbamates (subject to hydrolysis) is 1. The normalized spacial score (nSPS) is 15.5. The van der Waals surface area contributed by atoms with Crippen LogP contribution in [-0.4, -0.2) is 65.3 Å². The van der Waals surface area contributed by atoms with Gasteiger partial charge in [0.2, 0.25) is 6.10 Å². The van der Waals surface area contributed by atoms with E-state index in [1.807, 2.05) is 44.2 Å². The van der Waals surface area contributed by atoms with Crippen LogP contribution in [0.2, 0.25) is 10.0 Å². The summed E-state index contributed by atoms with van der Waals surface area (Å²) in [4.78, 5) is 67.1. The van der Waals surface area contributed by atoms with E-state index >= 15 is 0 Å². The molecule has 0 saturated heterocycles. The van der Waals surface area contributed by atoms with Crippen molar-refractivity contribution in [2.24, 2.45) is 11.1 Å². The molecule has 3 N–H and O–H groups in total. The second kappa shape index (κ2) is 15.2. The van der Waals surface area contributed by atoms with Crippen LogP contribution in [-0.2, 0) is 35.3 Å². The standard InChI is InChI=1S/C28H29Cl2N3O9/c1-15(2)25(32-28(39)41-13-16-7-4-3-5-8-16)20-11-22(42-33-20)26(37)31-19(12-23(35)36)21(34)14-40-27(38)24-17(29)9-6-10-18(24)30/h3-10,15,19,22,25H,11-14H2,1-2H3,(H,31,37)(H,32,39)(H,35,36)/t19-,22?,25?/m0/s1. The zero-order chi connectivity index (χ0) is 30.8. The summed E-state index contributed by atoms with van der Waals surface area (Å²) in [5, 5.41) is 18.3. The van der Waals surface area contributed by atoms with E-state index in [-0.39, 0.29) is 34.6 Å². The van der Waals surface area contributed by atoms with Crippen LogP contribution >= 0.6 is 23.2 Å². The van der Waals surface area contributed by atoms with Crippen LogP contribution in [0.25, 0.3) is 0 Å². The highest BCUT2D eigenvalue weighted by Gasteiger charge is 2.36. The number of nitrogens with zero attached hydrogens (tertiary/aromatic N) is 1. The lowest BCUT2D eigenvalue weighted by atomic mass is 9.95. The van der Waals surface area contributed by atoms with Crippen molar-refractivity contribution in [2.75, 3.05) is 6.61 Å². The second-order valence-corrected chi connectivity index (χ2v) is 10.4. The Hall–Kier alpha value is -4.16. The monoisotopic (exact) mass is 621 g/mol. The fourth-order valence-electron chi connectivity index (χ4n) is 3.93. The maximum atomic E-state index is 12.9. The molecule has 42 heavy (non-hydrogen) atoms. The van der Waals surface area contributed by atoms with Crippen molar-refractivity contribution in [3.63, 3.8) is 0 Å². The Kier molecular flexibility index (Phi) is 11.7. The number of ether oxygens (including phenoxy) is 2. The molecule has 0 spiro atoms. The molecule has 1 aliphatic rings. The first-order valence-electron chi connectivity index (χ1n) is 12.8. The fraction of sp³-hybridized carbons (Fsp3) is 0.357. The molecule has 2 aromatic carbocycles. The Balaban J connectivity index is 1.56. The van der Waals surface area contributed by atoms with Crippen LogP contribution < -0.4 is 10.6 Å². The van der Waals surface area contributed by atoms with Crippen LogP contribution in [0.1, 0.15) is 42.6 Å². The third kappa shape index (κ3) is 9.18. The maximum Gasteiger partial charge on any atom is 0.408 e. The predicted octanol–water partition coefficient (Wildman–Crippen LogP) is 3.77. The van der Waals surface area contributed by atoms with E-state index in [0.29, 0.717) is 5.71 Å². The first kappa shape index (κ1) is 32.4. The Morgan fingerprint density at radius 1 is 1.00 bits per heavy atom. The average molecular weight is 622 g/mol. The molecule has 2 unspecified atom stereocenters. The summed E-state index contributed by atoms with van der Waals surface area (Å²) >= 11 is 12.0. The van der Waals surface area contributed by atoms with Crippen molar-refractivity contribution in [2.45, 2.75) is 51.5 Å². The summed E-state index contributed by atoms with van der Waals surface area (Å²) in [6.07, 6.45) is -2.70. The van der Waals surface area contributed by atoms with E-state index in [1.54, 1.807) is 0 Å². The van der Waals surface area contributed by atoms with E-state index < -0.39 is 60.9 Å². The SMILES string of the molecule is CC(C)C(NC(=O)OCc1ccccc1)C1=NOC(C(=O)N[C@@H](CC(=O)O)C(=O)COC(=O)c2c(Cl)cccc2Cl)C1. The molecular formula is C28H29Cl2N3O9. The molecule has 0 fully saturated rings. The van der Waals surface area contributed by atoms with Crippen LogP contribution in [0.15, 0.2) is 53.7 Å². The third-order valence-electron chi connectivity index (χ3n) is 6.09. The number of halogens is 2. The highest BCUT2D eigenvalue weighted by Crippen LogP contribution is 2.25. The topological polar surface area (TPSA) is 170 Å². The molecule has 0 saturated carbocycles. The third-order valence-corrected chi connectivity index (χ3v) is 6.72. The van der Waals surface area contributed by atoms with Gasteiger partial charge in [-0.3, -0.25) is 14.4 Å². The van der Waals surface area contributed by atoms with Crippen molar-refractivity contribution >= 4 is 58.6 Å². The molecule has 2 aromatic rings. The van der Waals surface area contributed by atoms with Gasteiger partial charge >= 0.3 is 18.0 Å². The largest absolute Gasteiger partial charge is 0.481 e. The number of hydrogen-bond acceptors (Lipinski definition) is 9. The van der Waals surface area contributed by atoms with Crippen molar-refractivity contribution in [1.29, 1.82) is 0 Å². The first-order valence-corrected chi connectivity index (χ1v) is 13.6. The van der Waals surface area contributed by atoms with Gasteiger partial charge in [-0.1, -0.05) is 78.6 Å². The molecular weight excluding hydrogens is 593 g/mol. The Morgan fingerprint density at radius 3 is 2.29 bits per heavy atom. The Bertz CT molecular complexity index is 1330. The number of hydrogen-bond donors (Lipinski definition) is 3. The van der Waals surface area contributed by atoms with E-state index in [1.165, 1.54) is 18.2 Å². The lowest BCUT2D eigenvalue weighted by Gasteiger charge is -2.21. The number of carbonyl (C=O) groups is 5. The summed E-state index contributed by atoms with van der Waals surface area (Å²) < 4.78 is 10.2. The first-order chi connectivity index (χ1) is 20.0. The molecule has 1 aliphatic heterocycles. The zero-order valence-corrected chi connectivity index (χ0v) is 24.2. The van der Waals surface area contributed by atoms with Gasteiger partial charge in [0.05, 0.1) is 33.8 Å². The number of Topliss-reactive ketones (excluding diaryl/α,β-unsaturated/α-hetero) is 1. The predicted molar refractivity (Wildman–Crippen MR) is 151 cm³/mol. The van der Waals surface area contributed by atoms with Gasteiger partial charge in [-0.15, -0.1) is 0 Å². The van der Waals surface area contributed by atoms with E-state index in [9.17, 15) is 29.1 Å². The van der Waals surface area contributed by atoms with Gasteiger partial charge in [-0.05, 0) is 23.6 Å². The van der Waals surface area contributed by atoms with Crippen molar-refractivity contribution in [3.05, 3.63) is 69.7 Å². The number of oxime groups is 1. The number of carbonyl (C=O) groups excluding carboxylic acids is 4. The van der Waals surface area contributed by atoms with Crippen LogP contribution in [0, 0.1) is 5.92 Å². The lowest BCUT2D eigenvalue weighted by Crippen LogP contribution is -2.49. The smallest absolute Gasteiger partial charge is 0.408 e. The number of benzene rings is 2.